The zero-order valence-electron chi connectivity index (χ0n) is 13.4. The maximum Gasteiger partial charge on any atom is 0.251 e. The molecule has 3 fully saturated rings. The lowest BCUT2D eigenvalue weighted by atomic mass is 9.91. The van der Waals surface area contributed by atoms with E-state index in [2.05, 4.69) is 21.7 Å². The number of thiophene rings is 1. The molecule has 0 bridgehead atoms. The van der Waals surface area contributed by atoms with Gasteiger partial charge in [0.1, 0.15) is 6.10 Å². The molecule has 3 aliphatic rings. The highest BCUT2D eigenvalue weighted by molar-refractivity contribution is 7.07. The maximum absolute atomic E-state index is 12.6. The van der Waals surface area contributed by atoms with E-state index in [9.17, 15) is 4.79 Å². The van der Waals surface area contributed by atoms with E-state index in [-0.39, 0.29) is 18.1 Å². The second kappa shape index (κ2) is 6.89. The van der Waals surface area contributed by atoms with Gasteiger partial charge in [0, 0.05) is 26.2 Å². The molecular weight excluding hydrogens is 312 g/mol. The molecule has 3 atom stereocenters. The van der Waals surface area contributed by atoms with Crippen LogP contribution in [0.3, 0.4) is 0 Å². The van der Waals surface area contributed by atoms with Crippen LogP contribution in [0, 0.1) is 5.92 Å². The van der Waals surface area contributed by atoms with Gasteiger partial charge in [0.15, 0.2) is 0 Å². The van der Waals surface area contributed by atoms with Gasteiger partial charge in [-0.25, -0.2) is 0 Å². The lowest BCUT2D eigenvalue weighted by molar-refractivity contribution is -0.147. The highest BCUT2D eigenvalue weighted by atomic mass is 32.1. The summed E-state index contributed by atoms with van der Waals surface area (Å²) >= 11 is 1.75. The van der Waals surface area contributed by atoms with E-state index in [0.717, 1.165) is 32.5 Å². The van der Waals surface area contributed by atoms with Gasteiger partial charge in [-0.1, -0.05) is 0 Å². The monoisotopic (exact) mass is 336 g/mol. The van der Waals surface area contributed by atoms with Gasteiger partial charge in [0.25, 0.3) is 5.91 Å². The van der Waals surface area contributed by atoms with E-state index in [1.807, 2.05) is 4.90 Å². The Morgan fingerprint density at radius 2 is 2.17 bits per heavy atom. The second-order valence-electron chi connectivity index (χ2n) is 6.75. The van der Waals surface area contributed by atoms with Gasteiger partial charge in [0.05, 0.1) is 19.3 Å². The molecule has 1 aromatic rings. The predicted molar refractivity (Wildman–Crippen MR) is 88.4 cm³/mol. The molecule has 1 amide bonds. The first-order valence-electron chi connectivity index (χ1n) is 8.55. The second-order valence-corrected chi connectivity index (χ2v) is 7.53. The summed E-state index contributed by atoms with van der Waals surface area (Å²) in [5, 5.41) is 4.34. The molecule has 23 heavy (non-hydrogen) atoms. The van der Waals surface area contributed by atoms with Crippen LogP contribution in [0.15, 0.2) is 16.8 Å². The predicted octanol–water partition coefficient (Wildman–Crippen LogP) is 1.59. The van der Waals surface area contributed by atoms with Crippen molar-refractivity contribution < 1.29 is 14.3 Å². The lowest BCUT2D eigenvalue weighted by Crippen LogP contribution is -2.46. The quantitative estimate of drug-likeness (QED) is 0.841. The average molecular weight is 336 g/mol. The van der Waals surface area contributed by atoms with E-state index in [0.29, 0.717) is 32.2 Å². The Morgan fingerprint density at radius 1 is 1.30 bits per heavy atom. The molecule has 1 aromatic heterocycles. The summed E-state index contributed by atoms with van der Waals surface area (Å²) in [6.45, 7) is 5.78. The molecule has 0 unspecified atom stereocenters. The summed E-state index contributed by atoms with van der Waals surface area (Å²) in [7, 11) is 0. The fourth-order valence-electron chi connectivity index (χ4n) is 3.93. The van der Waals surface area contributed by atoms with Crippen molar-refractivity contribution in [1.29, 1.82) is 0 Å². The van der Waals surface area contributed by atoms with Gasteiger partial charge in [-0.2, -0.15) is 11.3 Å². The Hall–Kier alpha value is -0.950. The Balaban J connectivity index is 1.33. The van der Waals surface area contributed by atoms with Crippen molar-refractivity contribution in [2.75, 3.05) is 39.4 Å². The van der Waals surface area contributed by atoms with Crippen LogP contribution in [0.4, 0.5) is 0 Å². The molecule has 0 radical (unpaired) electrons. The fraction of sp³-hybridized carbons (Fsp3) is 0.706. The molecule has 0 aliphatic carbocycles. The SMILES string of the molecule is O=C([C@H]1C[C@@H]2CCN(Cc3ccsc3)C[C@@H]2O1)N1CCOCC1. The van der Waals surface area contributed by atoms with E-state index < -0.39 is 0 Å². The normalized spacial score (nSPS) is 32.0. The lowest BCUT2D eigenvalue weighted by Gasteiger charge is -2.33. The largest absolute Gasteiger partial charge is 0.378 e. The van der Waals surface area contributed by atoms with Gasteiger partial charge >= 0.3 is 0 Å². The fourth-order valence-corrected chi connectivity index (χ4v) is 4.59. The van der Waals surface area contributed by atoms with Gasteiger partial charge in [-0.15, -0.1) is 0 Å². The summed E-state index contributed by atoms with van der Waals surface area (Å²) in [5.74, 6) is 0.718. The summed E-state index contributed by atoms with van der Waals surface area (Å²) in [5.41, 5.74) is 1.38. The van der Waals surface area contributed by atoms with Crippen LogP contribution in [0.5, 0.6) is 0 Å². The third kappa shape index (κ3) is 3.45. The third-order valence-corrected chi connectivity index (χ3v) is 5.95. The van der Waals surface area contributed by atoms with Crippen LogP contribution in [-0.2, 0) is 20.8 Å². The molecule has 4 rings (SSSR count). The number of hydrogen-bond donors (Lipinski definition) is 0. The Morgan fingerprint density at radius 3 is 2.96 bits per heavy atom. The van der Waals surface area contributed by atoms with E-state index in [1.165, 1.54) is 5.56 Å². The third-order valence-electron chi connectivity index (χ3n) is 5.22. The molecule has 0 N–H and O–H groups in total. The van der Waals surface area contributed by atoms with Crippen LogP contribution < -0.4 is 0 Å². The number of piperidine rings is 1. The summed E-state index contributed by atoms with van der Waals surface area (Å²) in [6.07, 6.45) is 2.02. The first-order chi connectivity index (χ1) is 11.3. The summed E-state index contributed by atoms with van der Waals surface area (Å²) in [6, 6.07) is 2.19. The Bertz CT molecular complexity index is 530. The van der Waals surface area contributed by atoms with E-state index >= 15 is 0 Å². The minimum absolute atomic E-state index is 0.173. The van der Waals surface area contributed by atoms with Crippen molar-refractivity contribution in [2.24, 2.45) is 5.92 Å². The number of morpholine rings is 1. The van der Waals surface area contributed by atoms with Gasteiger partial charge in [-0.05, 0) is 47.7 Å². The van der Waals surface area contributed by atoms with Crippen LogP contribution in [-0.4, -0.2) is 67.3 Å². The number of hydrogen-bond acceptors (Lipinski definition) is 5. The van der Waals surface area contributed by atoms with Gasteiger partial charge in [0.2, 0.25) is 0 Å². The topological polar surface area (TPSA) is 42.0 Å². The number of carbonyl (C=O) groups is 1. The molecule has 3 saturated heterocycles. The van der Waals surface area contributed by atoms with Crippen LogP contribution in [0.25, 0.3) is 0 Å². The van der Waals surface area contributed by atoms with Crippen LogP contribution >= 0.6 is 11.3 Å². The molecule has 126 valence electrons. The highest BCUT2D eigenvalue weighted by Gasteiger charge is 2.43. The zero-order chi connectivity index (χ0) is 15.6. The van der Waals surface area contributed by atoms with Crippen LogP contribution in [0.1, 0.15) is 18.4 Å². The first-order valence-corrected chi connectivity index (χ1v) is 9.49. The molecule has 0 spiro atoms. The number of rotatable bonds is 3. The van der Waals surface area contributed by atoms with Crippen molar-refractivity contribution in [2.45, 2.75) is 31.6 Å². The number of amides is 1. The average Bonchev–Trinajstić information content (AvgIpc) is 3.24. The molecule has 4 heterocycles. The number of carbonyl (C=O) groups excluding carboxylic acids is 1. The number of nitrogens with zero attached hydrogens (tertiary/aromatic N) is 2. The van der Waals surface area contributed by atoms with Crippen molar-refractivity contribution in [3.8, 4) is 0 Å². The number of ether oxygens (including phenoxy) is 2. The molecule has 6 heteroatoms. The van der Waals surface area contributed by atoms with E-state index in [4.69, 9.17) is 9.47 Å². The van der Waals surface area contributed by atoms with Crippen molar-refractivity contribution >= 4 is 17.2 Å². The van der Waals surface area contributed by atoms with Gasteiger partial charge < -0.3 is 14.4 Å². The molecule has 3 aliphatic heterocycles. The Kier molecular flexibility index (Phi) is 4.66. The number of likely N-dealkylation sites (tertiary alicyclic amines) is 1. The number of fused-ring (bicyclic) bond motifs is 1. The molecule has 5 nitrogen and oxygen atoms in total. The minimum Gasteiger partial charge on any atom is -0.378 e. The van der Waals surface area contributed by atoms with Crippen molar-refractivity contribution in [3.05, 3.63) is 22.4 Å². The maximum atomic E-state index is 12.6. The Labute approximate surface area is 141 Å². The van der Waals surface area contributed by atoms with Crippen LogP contribution in [0.2, 0.25) is 0 Å². The van der Waals surface area contributed by atoms with E-state index in [1.54, 1.807) is 11.3 Å². The van der Waals surface area contributed by atoms with Gasteiger partial charge in [-0.3, -0.25) is 9.69 Å². The summed E-state index contributed by atoms with van der Waals surface area (Å²) < 4.78 is 11.5. The minimum atomic E-state index is -0.232. The summed E-state index contributed by atoms with van der Waals surface area (Å²) in [4.78, 5) is 17.0. The molecular formula is C17H24N2O3S. The smallest absolute Gasteiger partial charge is 0.251 e. The van der Waals surface area contributed by atoms with Crippen molar-refractivity contribution in [1.82, 2.24) is 9.80 Å². The highest BCUT2D eigenvalue weighted by Crippen LogP contribution is 2.34. The zero-order valence-corrected chi connectivity index (χ0v) is 14.2. The first kappa shape index (κ1) is 15.6. The standard InChI is InChI=1S/C17H24N2O3S/c20-17(19-4-6-21-7-5-19)15-9-14-1-3-18(11-16(14)22-15)10-13-2-8-23-12-13/h2,8,12,14-16H,1,3-7,9-11H2/t14-,15+,16-/m0/s1. The van der Waals surface area contributed by atoms with Crippen molar-refractivity contribution in [3.63, 3.8) is 0 Å². The molecule has 0 saturated carbocycles. The molecule has 0 aromatic carbocycles.